The number of hydrogen-bond donors (Lipinski definition) is 0. The second-order valence-electron chi connectivity index (χ2n) is 5.40. The highest BCUT2D eigenvalue weighted by Crippen LogP contribution is 2.32. The molecule has 1 heterocycles. The first-order valence-electron chi connectivity index (χ1n) is 7.92. The van der Waals surface area contributed by atoms with Crippen LogP contribution >= 0.6 is 0 Å². The number of carbonyl (C=O) groups excluding carboxylic acids is 2. The number of pyridine rings is 1. The lowest BCUT2D eigenvalue weighted by atomic mass is 10.0. The molecule has 3 rings (SSSR count). The van der Waals surface area contributed by atoms with E-state index in [1.54, 1.807) is 19.1 Å². The Labute approximate surface area is 145 Å². The zero-order chi connectivity index (χ0) is 17.8. The number of esters is 1. The first-order valence-corrected chi connectivity index (χ1v) is 7.92. The van der Waals surface area contributed by atoms with Crippen molar-refractivity contribution >= 4 is 22.5 Å². The standard InChI is InChI=1S/C20H17NO4/c1-3-17(22)20(23)25-18-12-11-16(21-19(18)24-2)15-10-6-8-13-7-4-5-9-14(13)15/h4-12H,3H2,1-2H3. The van der Waals surface area contributed by atoms with Gasteiger partial charge in [-0.25, -0.2) is 9.78 Å². The van der Waals surface area contributed by atoms with Crippen LogP contribution in [0.4, 0.5) is 0 Å². The van der Waals surface area contributed by atoms with Gasteiger partial charge in [0.05, 0.1) is 12.8 Å². The number of fused-ring (bicyclic) bond motifs is 1. The summed E-state index contributed by atoms with van der Waals surface area (Å²) in [6.45, 7) is 1.60. The minimum Gasteiger partial charge on any atom is -0.478 e. The number of methoxy groups -OCH3 is 1. The van der Waals surface area contributed by atoms with Crippen molar-refractivity contribution in [2.24, 2.45) is 0 Å². The van der Waals surface area contributed by atoms with Crippen LogP contribution in [0.25, 0.3) is 22.0 Å². The Hall–Kier alpha value is -3.21. The van der Waals surface area contributed by atoms with Crippen LogP contribution in [0.2, 0.25) is 0 Å². The molecule has 0 spiro atoms. The number of aromatic nitrogens is 1. The normalized spacial score (nSPS) is 10.5. The fourth-order valence-electron chi connectivity index (χ4n) is 2.55. The van der Waals surface area contributed by atoms with Crippen molar-refractivity contribution in [1.29, 1.82) is 0 Å². The smallest absolute Gasteiger partial charge is 0.380 e. The molecule has 0 saturated heterocycles. The van der Waals surface area contributed by atoms with Crippen molar-refractivity contribution in [2.45, 2.75) is 13.3 Å². The van der Waals surface area contributed by atoms with Gasteiger partial charge < -0.3 is 9.47 Å². The largest absolute Gasteiger partial charge is 0.478 e. The number of hydrogen-bond acceptors (Lipinski definition) is 5. The minimum atomic E-state index is -0.916. The van der Waals surface area contributed by atoms with Crippen LogP contribution in [-0.4, -0.2) is 23.8 Å². The van der Waals surface area contributed by atoms with Gasteiger partial charge in [-0.15, -0.1) is 0 Å². The molecular formula is C20H17NO4. The summed E-state index contributed by atoms with van der Waals surface area (Å²) in [7, 11) is 1.44. The molecule has 2 aromatic carbocycles. The van der Waals surface area contributed by atoms with Crippen molar-refractivity contribution < 1.29 is 19.1 Å². The Bertz CT molecular complexity index is 944. The number of ketones is 1. The van der Waals surface area contributed by atoms with E-state index in [0.717, 1.165) is 16.3 Å². The van der Waals surface area contributed by atoms with Gasteiger partial charge in [-0.05, 0) is 22.9 Å². The molecule has 0 saturated carbocycles. The van der Waals surface area contributed by atoms with Gasteiger partial charge in [-0.3, -0.25) is 4.79 Å². The molecule has 0 aliphatic heterocycles. The van der Waals surface area contributed by atoms with Crippen LogP contribution in [-0.2, 0) is 9.59 Å². The van der Waals surface area contributed by atoms with Crippen LogP contribution < -0.4 is 9.47 Å². The van der Waals surface area contributed by atoms with Crippen LogP contribution in [0.15, 0.2) is 54.6 Å². The van der Waals surface area contributed by atoms with E-state index < -0.39 is 11.8 Å². The van der Waals surface area contributed by atoms with Gasteiger partial charge in [0.15, 0.2) is 5.75 Å². The number of rotatable bonds is 5. The topological polar surface area (TPSA) is 65.5 Å². The van der Waals surface area contributed by atoms with Gasteiger partial charge in [-0.1, -0.05) is 49.4 Å². The lowest BCUT2D eigenvalue weighted by Crippen LogP contribution is -2.19. The first kappa shape index (κ1) is 16.6. The first-order chi connectivity index (χ1) is 12.1. The summed E-state index contributed by atoms with van der Waals surface area (Å²) < 4.78 is 10.3. The summed E-state index contributed by atoms with van der Waals surface area (Å²) >= 11 is 0. The number of carbonyl (C=O) groups is 2. The van der Waals surface area contributed by atoms with E-state index in [4.69, 9.17) is 9.47 Å². The van der Waals surface area contributed by atoms with Gasteiger partial charge in [0.2, 0.25) is 5.78 Å². The van der Waals surface area contributed by atoms with E-state index in [1.807, 2.05) is 42.5 Å². The SMILES string of the molecule is CCC(=O)C(=O)Oc1ccc(-c2cccc3ccccc23)nc1OC. The number of benzene rings is 2. The van der Waals surface area contributed by atoms with E-state index in [9.17, 15) is 9.59 Å². The average molecular weight is 335 g/mol. The lowest BCUT2D eigenvalue weighted by Gasteiger charge is -2.11. The summed E-state index contributed by atoms with van der Waals surface area (Å²) in [6.07, 6.45) is 0.0860. The lowest BCUT2D eigenvalue weighted by molar-refractivity contribution is -0.147. The summed E-state index contributed by atoms with van der Waals surface area (Å²) in [5, 5.41) is 2.16. The molecule has 0 amide bonds. The molecule has 0 aliphatic carbocycles. The van der Waals surface area contributed by atoms with Gasteiger partial charge in [-0.2, -0.15) is 0 Å². The Morgan fingerprint density at radius 1 is 1.00 bits per heavy atom. The van der Waals surface area contributed by atoms with Crippen LogP contribution in [0.5, 0.6) is 11.6 Å². The number of ether oxygens (including phenoxy) is 2. The third-order valence-corrected chi connectivity index (χ3v) is 3.84. The van der Waals surface area contributed by atoms with Crippen LogP contribution in [0.1, 0.15) is 13.3 Å². The maximum Gasteiger partial charge on any atom is 0.380 e. The Morgan fingerprint density at radius 2 is 1.76 bits per heavy atom. The molecule has 0 bridgehead atoms. The van der Waals surface area contributed by atoms with Gasteiger partial charge >= 0.3 is 5.97 Å². The van der Waals surface area contributed by atoms with Crippen LogP contribution in [0.3, 0.4) is 0 Å². The van der Waals surface area contributed by atoms with E-state index in [-0.39, 0.29) is 18.1 Å². The van der Waals surface area contributed by atoms with Crippen molar-refractivity contribution in [3.63, 3.8) is 0 Å². The molecule has 3 aromatic rings. The van der Waals surface area contributed by atoms with Crippen molar-refractivity contribution in [3.8, 4) is 22.9 Å². The molecule has 0 atom stereocenters. The molecule has 5 nitrogen and oxygen atoms in total. The highest BCUT2D eigenvalue weighted by Gasteiger charge is 2.18. The van der Waals surface area contributed by atoms with E-state index in [2.05, 4.69) is 4.98 Å². The van der Waals surface area contributed by atoms with Crippen molar-refractivity contribution in [1.82, 2.24) is 4.98 Å². The maximum atomic E-state index is 11.7. The molecule has 1 aromatic heterocycles. The molecule has 5 heteroatoms. The molecule has 126 valence electrons. The molecule has 0 N–H and O–H groups in total. The third kappa shape index (κ3) is 3.35. The molecule has 0 fully saturated rings. The summed E-state index contributed by atoms with van der Waals surface area (Å²) in [6, 6.07) is 17.3. The summed E-state index contributed by atoms with van der Waals surface area (Å²) in [4.78, 5) is 27.5. The summed E-state index contributed by atoms with van der Waals surface area (Å²) in [5.41, 5.74) is 1.63. The Balaban J connectivity index is 2.01. The van der Waals surface area contributed by atoms with Gasteiger partial charge in [0.1, 0.15) is 0 Å². The molecule has 0 aliphatic rings. The fourth-order valence-corrected chi connectivity index (χ4v) is 2.55. The second kappa shape index (κ2) is 7.13. The molecule has 0 radical (unpaired) electrons. The summed E-state index contributed by atoms with van der Waals surface area (Å²) in [5.74, 6) is -1.23. The van der Waals surface area contributed by atoms with E-state index in [0.29, 0.717) is 5.69 Å². The predicted octanol–water partition coefficient (Wildman–Crippen LogP) is 3.79. The fraction of sp³-hybridized carbons (Fsp3) is 0.150. The predicted molar refractivity (Wildman–Crippen MR) is 94.7 cm³/mol. The zero-order valence-electron chi connectivity index (χ0n) is 14.0. The van der Waals surface area contributed by atoms with E-state index in [1.165, 1.54) is 7.11 Å². The Morgan fingerprint density at radius 3 is 2.52 bits per heavy atom. The highest BCUT2D eigenvalue weighted by atomic mass is 16.6. The van der Waals surface area contributed by atoms with Gasteiger partial charge in [0.25, 0.3) is 5.88 Å². The number of Topliss-reactive ketones (excluding diaryl/α,β-unsaturated/α-hetero) is 1. The van der Waals surface area contributed by atoms with Gasteiger partial charge in [0, 0.05) is 12.0 Å². The maximum absolute atomic E-state index is 11.7. The van der Waals surface area contributed by atoms with Crippen molar-refractivity contribution in [2.75, 3.05) is 7.11 Å². The number of nitrogens with zero attached hydrogens (tertiary/aromatic N) is 1. The van der Waals surface area contributed by atoms with Crippen LogP contribution in [0, 0.1) is 0 Å². The second-order valence-corrected chi connectivity index (χ2v) is 5.40. The quantitative estimate of drug-likeness (QED) is 0.524. The average Bonchev–Trinajstić information content (AvgIpc) is 2.67. The zero-order valence-corrected chi connectivity index (χ0v) is 14.0. The monoisotopic (exact) mass is 335 g/mol. The van der Waals surface area contributed by atoms with Crippen molar-refractivity contribution in [3.05, 3.63) is 54.6 Å². The molecule has 0 unspecified atom stereocenters. The third-order valence-electron chi connectivity index (χ3n) is 3.84. The Kier molecular flexibility index (Phi) is 4.75. The minimum absolute atomic E-state index is 0.0860. The molecular weight excluding hydrogens is 318 g/mol. The molecule has 25 heavy (non-hydrogen) atoms. The van der Waals surface area contributed by atoms with E-state index >= 15 is 0 Å². The highest BCUT2D eigenvalue weighted by molar-refractivity contribution is 6.34.